The van der Waals surface area contributed by atoms with Gasteiger partial charge >= 0.3 is 6.41 Å². The molecule has 0 fully saturated rings. The van der Waals surface area contributed by atoms with Crippen molar-refractivity contribution in [2.75, 3.05) is 13.1 Å². The third kappa shape index (κ3) is 15.2. The largest absolute Gasteiger partial charge is 0.327 e. The quantitative estimate of drug-likeness (QED) is 0.224. The number of unbranched alkanes of at least 4 members (excludes halogenated alkanes) is 8. The zero-order valence-corrected chi connectivity index (χ0v) is 14.2. The van der Waals surface area contributed by atoms with Gasteiger partial charge in [0.05, 0.1) is 0 Å². The number of amides is 1. The van der Waals surface area contributed by atoms with Crippen molar-refractivity contribution in [1.29, 1.82) is 0 Å². The summed E-state index contributed by atoms with van der Waals surface area (Å²) in [5.41, 5.74) is 0. The van der Waals surface area contributed by atoms with Gasteiger partial charge in [0.25, 0.3) is 0 Å². The molecule has 0 aromatic rings. The molecule has 0 atom stereocenters. The molecular formula is C19H34NO. The van der Waals surface area contributed by atoms with Crippen LogP contribution in [0.15, 0.2) is 24.3 Å². The lowest BCUT2D eigenvalue weighted by molar-refractivity contribution is 0.436. The molecule has 2 heteroatoms. The van der Waals surface area contributed by atoms with Gasteiger partial charge in [0, 0.05) is 13.1 Å². The van der Waals surface area contributed by atoms with Gasteiger partial charge in [0.1, 0.15) is 0 Å². The average molecular weight is 292 g/mol. The molecule has 0 N–H and O–H groups in total. The molecule has 0 aliphatic carbocycles. The smallest absolute Gasteiger partial charge is 0.312 e. The zero-order chi connectivity index (χ0) is 15.6. The van der Waals surface area contributed by atoms with Gasteiger partial charge in [-0.05, 0) is 25.7 Å². The molecule has 0 aliphatic rings. The van der Waals surface area contributed by atoms with E-state index in [-0.39, 0.29) is 0 Å². The number of hydrogen-bond donors (Lipinski definition) is 0. The van der Waals surface area contributed by atoms with Crippen LogP contribution in [-0.4, -0.2) is 24.4 Å². The molecule has 2 nitrogen and oxygen atoms in total. The molecule has 0 aromatic heterocycles. The predicted octanol–water partition coefficient (Wildman–Crippen LogP) is 5.41. The fourth-order valence-corrected chi connectivity index (χ4v) is 2.17. The third-order valence-electron chi connectivity index (χ3n) is 3.56. The number of allylic oxidation sites excluding steroid dienone is 2. The molecule has 1 radical (unpaired) electrons. The Kier molecular flexibility index (Phi) is 16.2. The minimum atomic E-state index is 0.678. The molecule has 21 heavy (non-hydrogen) atoms. The lowest BCUT2D eigenvalue weighted by Crippen LogP contribution is -2.21. The Morgan fingerprint density at radius 3 is 1.57 bits per heavy atom. The SMILES string of the molecule is CCCCCCC=CCN([C]=O)CC=CCCCCCC. The van der Waals surface area contributed by atoms with Crippen LogP contribution in [0.5, 0.6) is 0 Å². The highest BCUT2D eigenvalue weighted by Gasteiger charge is 1.96. The normalized spacial score (nSPS) is 11.5. The second kappa shape index (κ2) is 17.0. The topological polar surface area (TPSA) is 20.3 Å². The Balaban J connectivity index is 3.58. The van der Waals surface area contributed by atoms with Crippen LogP contribution in [0.1, 0.15) is 78.1 Å². The molecule has 0 spiro atoms. The molecule has 0 rings (SSSR count). The molecule has 0 heterocycles. The van der Waals surface area contributed by atoms with Gasteiger partial charge in [0.2, 0.25) is 0 Å². The minimum Gasteiger partial charge on any atom is -0.327 e. The monoisotopic (exact) mass is 292 g/mol. The zero-order valence-electron chi connectivity index (χ0n) is 14.2. The number of nitrogens with zero attached hydrogens (tertiary/aromatic N) is 1. The van der Waals surface area contributed by atoms with E-state index in [4.69, 9.17) is 0 Å². The Labute approximate surface area is 132 Å². The summed E-state index contributed by atoms with van der Waals surface area (Å²) in [6.07, 6.45) is 23.2. The van der Waals surface area contributed by atoms with E-state index in [2.05, 4.69) is 38.2 Å². The maximum absolute atomic E-state index is 10.8. The first-order valence-corrected chi connectivity index (χ1v) is 8.77. The van der Waals surface area contributed by atoms with Crippen molar-refractivity contribution in [1.82, 2.24) is 4.90 Å². The number of rotatable bonds is 15. The van der Waals surface area contributed by atoms with Gasteiger partial charge in [-0.1, -0.05) is 76.7 Å². The summed E-state index contributed by atoms with van der Waals surface area (Å²) in [6.45, 7) is 5.81. The Bertz CT molecular complexity index is 247. The molecule has 0 unspecified atom stereocenters. The van der Waals surface area contributed by atoms with Crippen LogP contribution in [0, 0.1) is 0 Å². The maximum atomic E-state index is 10.8. The van der Waals surface area contributed by atoms with Crippen molar-refractivity contribution in [3.8, 4) is 0 Å². The molecule has 0 bridgehead atoms. The van der Waals surface area contributed by atoms with Crippen molar-refractivity contribution < 1.29 is 4.79 Å². The van der Waals surface area contributed by atoms with E-state index < -0.39 is 0 Å². The average Bonchev–Trinajstić information content (AvgIpc) is 2.51. The van der Waals surface area contributed by atoms with E-state index in [1.165, 1.54) is 51.4 Å². The summed E-state index contributed by atoms with van der Waals surface area (Å²) >= 11 is 0. The summed E-state index contributed by atoms with van der Waals surface area (Å²) in [7, 11) is 0. The van der Waals surface area contributed by atoms with Crippen molar-refractivity contribution in [3.05, 3.63) is 24.3 Å². The van der Waals surface area contributed by atoms with Crippen molar-refractivity contribution in [2.24, 2.45) is 0 Å². The predicted molar refractivity (Wildman–Crippen MR) is 93.1 cm³/mol. The van der Waals surface area contributed by atoms with E-state index in [0.717, 1.165) is 12.8 Å². The lowest BCUT2D eigenvalue weighted by atomic mass is 10.1. The molecule has 121 valence electrons. The van der Waals surface area contributed by atoms with Gasteiger partial charge in [-0.2, -0.15) is 0 Å². The number of carbonyl (C=O) groups excluding carboxylic acids is 1. The van der Waals surface area contributed by atoms with Gasteiger partial charge in [-0.3, -0.25) is 4.79 Å². The van der Waals surface area contributed by atoms with Crippen LogP contribution in [0.3, 0.4) is 0 Å². The standard InChI is InChI=1S/C19H34NO/c1-3-5-7-9-11-13-15-17-20(19-21)18-16-14-12-10-8-6-4-2/h13-16H,3-12,17-18H2,1-2H3. The van der Waals surface area contributed by atoms with Crippen LogP contribution in [-0.2, 0) is 4.79 Å². The molecular weight excluding hydrogens is 258 g/mol. The van der Waals surface area contributed by atoms with E-state index in [9.17, 15) is 4.79 Å². The fraction of sp³-hybridized carbons (Fsp3) is 0.737. The molecule has 0 saturated carbocycles. The first-order chi connectivity index (χ1) is 10.3. The lowest BCUT2D eigenvalue weighted by Gasteiger charge is -2.10. The van der Waals surface area contributed by atoms with E-state index in [0.29, 0.717) is 13.1 Å². The molecule has 1 amide bonds. The van der Waals surface area contributed by atoms with Crippen LogP contribution >= 0.6 is 0 Å². The minimum absolute atomic E-state index is 0.678. The van der Waals surface area contributed by atoms with Crippen LogP contribution < -0.4 is 0 Å². The van der Waals surface area contributed by atoms with Crippen molar-refractivity contribution in [3.63, 3.8) is 0 Å². The summed E-state index contributed by atoms with van der Waals surface area (Å²) in [5, 5.41) is 0. The molecule has 0 saturated heterocycles. The fourth-order valence-electron chi connectivity index (χ4n) is 2.17. The van der Waals surface area contributed by atoms with Gasteiger partial charge < -0.3 is 4.90 Å². The Hall–Kier alpha value is -1.05. The maximum Gasteiger partial charge on any atom is 0.312 e. The van der Waals surface area contributed by atoms with Crippen molar-refractivity contribution >= 4 is 6.41 Å². The second-order valence-corrected chi connectivity index (χ2v) is 5.64. The van der Waals surface area contributed by atoms with Crippen LogP contribution in [0.2, 0.25) is 0 Å². The molecule has 0 aliphatic heterocycles. The highest BCUT2D eigenvalue weighted by Crippen LogP contribution is 2.04. The number of hydrogen-bond acceptors (Lipinski definition) is 1. The van der Waals surface area contributed by atoms with Crippen LogP contribution in [0.25, 0.3) is 0 Å². The van der Waals surface area contributed by atoms with Crippen LogP contribution in [0.4, 0.5) is 0 Å². The van der Waals surface area contributed by atoms with Gasteiger partial charge in [-0.25, -0.2) is 0 Å². The highest BCUT2D eigenvalue weighted by molar-refractivity contribution is 5.48. The van der Waals surface area contributed by atoms with Gasteiger partial charge in [-0.15, -0.1) is 0 Å². The summed E-state index contributed by atoms with van der Waals surface area (Å²) in [5.74, 6) is 0. The third-order valence-corrected chi connectivity index (χ3v) is 3.56. The summed E-state index contributed by atoms with van der Waals surface area (Å²) in [6, 6.07) is 0. The van der Waals surface area contributed by atoms with Crippen molar-refractivity contribution in [2.45, 2.75) is 78.1 Å². The van der Waals surface area contributed by atoms with Gasteiger partial charge in [0.15, 0.2) is 0 Å². The first-order valence-electron chi connectivity index (χ1n) is 8.77. The Morgan fingerprint density at radius 2 is 1.19 bits per heavy atom. The highest BCUT2D eigenvalue weighted by atomic mass is 16.1. The second-order valence-electron chi connectivity index (χ2n) is 5.64. The Morgan fingerprint density at radius 1 is 0.714 bits per heavy atom. The molecule has 0 aromatic carbocycles. The summed E-state index contributed by atoms with van der Waals surface area (Å²) in [4.78, 5) is 12.5. The van der Waals surface area contributed by atoms with E-state index in [1.807, 2.05) is 6.41 Å². The van der Waals surface area contributed by atoms with E-state index >= 15 is 0 Å². The first kappa shape index (κ1) is 19.9. The van der Waals surface area contributed by atoms with E-state index in [1.54, 1.807) is 4.90 Å². The summed E-state index contributed by atoms with van der Waals surface area (Å²) < 4.78 is 0.